The quantitative estimate of drug-likeness (QED) is 0.676. The summed E-state index contributed by atoms with van der Waals surface area (Å²) in [5, 5.41) is 1.88. The van der Waals surface area contributed by atoms with Crippen LogP contribution in [-0.4, -0.2) is 5.91 Å². The molecule has 2 rings (SSSR count). The molecule has 2 aromatic rings. The first-order valence-corrected chi connectivity index (χ1v) is 4.28. The zero-order valence-corrected chi connectivity index (χ0v) is 7.45. The number of hydrogen-bond donors (Lipinski definition) is 1. The first kappa shape index (κ1) is 8.72. The van der Waals surface area contributed by atoms with E-state index in [9.17, 15) is 4.79 Å². The van der Waals surface area contributed by atoms with Gasteiger partial charge in [-0.3, -0.25) is 10.2 Å². The van der Waals surface area contributed by atoms with E-state index >= 15 is 0 Å². The summed E-state index contributed by atoms with van der Waals surface area (Å²) in [6.45, 7) is 0. The second-order valence-corrected chi connectivity index (χ2v) is 2.98. The molecule has 0 atom stereocenters. The van der Waals surface area contributed by atoms with Crippen molar-refractivity contribution in [2.24, 2.45) is 0 Å². The molecule has 1 amide bonds. The number of carbonyl (C=O) groups excluding carboxylic acids is 1. The van der Waals surface area contributed by atoms with Gasteiger partial charge in [-0.2, -0.15) is 5.84 Å². The van der Waals surface area contributed by atoms with Gasteiger partial charge in [-0.15, -0.1) is 0 Å². The van der Waals surface area contributed by atoms with Crippen molar-refractivity contribution >= 4 is 16.7 Å². The lowest BCUT2D eigenvalue weighted by atomic mass is 10.0. The molecule has 0 spiro atoms. The normalized spacial score (nSPS) is 10.1. The molecule has 0 heterocycles. The van der Waals surface area contributed by atoms with E-state index in [1.165, 1.54) is 0 Å². The van der Waals surface area contributed by atoms with Gasteiger partial charge in [0.25, 0.3) is 5.91 Å². The Hall–Kier alpha value is -1.87. The maximum atomic E-state index is 11.3. The minimum absolute atomic E-state index is 0.373. The van der Waals surface area contributed by atoms with Gasteiger partial charge >= 0.3 is 0 Å². The van der Waals surface area contributed by atoms with Crippen LogP contribution in [0.1, 0.15) is 10.4 Å². The van der Waals surface area contributed by atoms with E-state index < -0.39 is 0 Å². The predicted molar refractivity (Wildman–Crippen MR) is 54.5 cm³/mol. The average molecular weight is 185 g/mol. The minimum Gasteiger partial charge on any atom is -0.272 e. The molecule has 0 fully saturated rings. The lowest BCUT2D eigenvalue weighted by Crippen LogP contribution is -2.20. The van der Waals surface area contributed by atoms with Crippen molar-refractivity contribution in [1.82, 2.24) is 11.3 Å². The van der Waals surface area contributed by atoms with Gasteiger partial charge in [-0.05, 0) is 16.8 Å². The van der Waals surface area contributed by atoms with E-state index in [2.05, 4.69) is 0 Å². The maximum absolute atomic E-state index is 11.3. The summed E-state index contributed by atoms with van der Waals surface area (Å²) in [5.41, 5.74) is 2.42. The molecule has 2 aromatic carbocycles. The second-order valence-electron chi connectivity index (χ2n) is 2.98. The van der Waals surface area contributed by atoms with Crippen molar-refractivity contribution in [1.29, 1.82) is 0 Å². The van der Waals surface area contributed by atoms with Crippen molar-refractivity contribution in [3.63, 3.8) is 0 Å². The van der Waals surface area contributed by atoms with E-state index in [-0.39, 0.29) is 5.91 Å². The summed E-state index contributed by atoms with van der Waals surface area (Å²) >= 11 is 0. The molecule has 0 aliphatic heterocycles. The number of benzene rings is 2. The Bertz CT molecular complexity index is 474. The molecular formula is C11H9N2O. The lowest BCUT2D eigenvalue weighted by Gasteiger charge is -2.03. The van der Waals surface area contributed by atoms with Gasteiger partial charge in [-0.1, -0.05) is 36.4 Å². The van der Waals surface area contributed by atoms with Gasteiger partial charge in [-0.25, -0.2) is 0 Å². The second kappa shape index (κ2) is 3.47. The van der Waals surface area contributed by atoms with Crippen LogP contribution >= 0.6 is 0 Å². The number of amides is 1. The van der Waals surface area contributed by atoms with Crippen LogP contribution in [0.5, 0.6) is 0 Å². The number of carbonyl (C=O) groups is 1. The molecule has 69 valence electrons. The summed E-state index contributed by atoms with van der Waals surface area (Å²) in [6, 6.07) is 13.1. The lowest BCUT2D eigenvalue weighted by molar-refractivity contribution is 0.0952. The number of nitrogens with one attached hydrogen (secondary N) is 2. The topological polar surface area (TPSA) is 52.9 Å². The van der Waals surface area contributed by atoms with Gasteiger partial charge in [0.1, 0.15) is 0 Å². The highest BCUT2D eigenvalue weighted by atomic mass is 16.2. The van der Waals surface area contributed by atoms with E-state index in [1.54, 1.807) is 6.07 Å². The molecule has 0 aliphatic rings. The summed E-state index contributed by atoms with van der Waals surface area (Å²) in [6.07, 6.45) is 0. The van der Waals surface area contributed by atoms with Gasteiger partial charge in [0.2, 0.25) is 0 Å². The molecule has 0 unspecified atom stereocenters. The molecule has 1 radical (unpaired) electrons. The van der Waals surface area contributed by atoms with Crippen molar-refractivity contribution in [2.45, 2.75) is 0 Å². The summed E-state index contributed by atoms with van der Waals surface area (Å²) < 4.78 is 0. The number of fused-ring (bicyclic) bond motifs is 1. The molecule has 0 aromatic heterocycles. The highest BCUT2D eigenvalue weighted by molar-refractivity contribution is 6.06. The number of rotatable bonds is 1. The van der Waals surface area contributed by atoms with E-state index in [4.69, 9.17) is 5.84 Å². The van der Waals surface area contributed by atoms with Crippen LogP contribution in [0.15, 0.2) is 42.5 Å². The standard InChI is InChI=1S/C11H9N2O/c12-13-11(14)10-7-3-5-8-4-1-2-6-9(8)10/h1-7,12H,(H,13,14). The third-order valence-electron chi connectivity index (χ3n) is 2.15. The third-order valence-corrected chi connectivity index (χ3v) is 2.15. The molecule has 0 saturated heterocycles. The molecule has 0 bridgehead atoms. The highest BCUT2D eigenvalue weighted by Gasteiger charge is 2.06. The van der Waals surface area contributed by atoms with Crippen LogP contribution < -0.4 is 11.3 Å². The Morgan fingerprint density at radius 3 is 2.57 bits per heavy atom. The first-order valence-electron chi connectivity index (χ1n) is 4.28. The van der Waals surface area contributed by atoms with E-state index in [0.717, 1.165) is 10.8 Å². The Labute approximate surface area is 81.5 Å². The van der Waals surface area contributed by atoms with Crippen LogP contribution in [-0.2, 0) is 0 Å². The summed E-state index contributed by atoms with van der Waals surface area (Å²) in [5.74, 6) is 6.45. The molecule has 0 saturated carbocycles. The van der Waals surface area contributed by atoms with Gasteiger partial charge in [0.15, 0.2) is 0 Å². The van der Waals surface area contributed by atoms with Crippen molar-refractivity contribution in [3.8, 4) is 0 Å². The monoisotopic (exact) mass is 185 g/mol. The van der Waals surface area contributed by atoms with E-state index in [0.29, 0.717) is 5.56 Å². The molecule has 3 heteroatoms. The van der Waals surface area contributed by atoms with Crippen molar-refractivity contribution < 1.29 is 4.79 Å². The van der Waals surface area contributed by atoms with Crippen LogP contribution in [0.25, 0.3) is 10.8 Å². The SMILES string of the molecule is [NH]NC(=O)c1cccc2ccccc12. The predicted octanol–water partition coefficient (Wildman–Crippen LogP) is 1.77. The fraction of sp³-hybridized carbons (Fsp3) is 0. The average Bonchev–Trinajstić information content (AvgIpc) is 2.27. The molecule has 0 aliphatic carbocycles. The summed E-state index contributed by atoms with van der Waals surface area (Å²) in [4.78, 5) is 11.3. The molecule has 14 heavy (non-hydrogen) atoms. The Morgan fingerprint density at radius 2 is 1.79 bits per heavy atom. The van der Waals surface area contributed by atoms with Crippen LogP contribution in [0.4, 0.5) is 0 Å². The Balaban J connectivity index is 2.71. The van der Waals surface area contributed by atoms with Crippen molar-refractivity contribution in [3.05, 3.63) is 48.0 Å². The zero-order chi connectivity index (χ0) is 9.97. The van der Waals surface area contributed by atoms with Gasteiger partial charge in [0.05, 0.1) is 0 Å². The van der Waals surface area contributed by atoms with Crippen LogP contribution in [0.3, 0.4) is 0 Å². The Kier molecular flexibility index (Phi) is 2.16. The molecular weight excluding hydrogens is 176 g/mol. The van der Waals surface area contributed by atoms with Crippen molar-refractivity contribution in [2.75, 3.05) is 0 Å². The van der Waals surface area contributed by atoms with Crippen LogP contribution in [0, 0.1) is 0 Å². The number of hydrogen-bond acceptors (Lipinski definition) is 1. The molecule has 2 N–H and O–H groups in total. The fourth-order valence-corrected chi connectivity index (χ4v) is 1.49. The van der Waals surface area contributed by atoms with Crippen LogP contribution in [0.2, 0.25) is 0 Å². The highest BCUT2D eigenvalue weighted by Crippen LogP contribution is 2.17. The fourth-order valence-electron chi connectivity index (χ4n) is 1.49. The molecule has 3 nitrogen and oxygen atoms in total. The largest absolute Gasteiger partial charge is 0.272 e. The first-order chi connectivity index (χ1) is 6.83. The third kappa shape index (κ3) is 1.34. The zero-order valence-electron chi connectivity index (χ0n) is 7.45. The maximum Gasteiger partial charge on any atom is 0.267 e. The smallest absolute Gasteiger partial charge is 0.267 e. The Morgan fingerprint density at radius 1 is 1.07 bits per heavy atom. The van der Waals surface area contributed by atoms with E-state index in [1.807, 2.05) is 41.8 Å². The summed E-state index contributed by atoms with van der Waals surface area (Å²) in [7, 11) is 0. The van der Waals surface area contributed by atoms with Gasteiger partial charge in [0, 0.05) is 5.56 Å². The minimum atomic E-state index is -0.373. The van der Waals surface area contributed by atoms with Gasteiger partial charge < -0.3 is 0 Å².